The van der Waals surface area contributed by atoms with Gasteiger partial charge in [-0.2, -0.15) is 10.4 Å². The SMILES string of the molecule is CC(C)n1ncnc1-c1nc2c(s1)CCOc1cc(C#N)ccc1-2. The molecule has 2 aromatic heterocycles. The third kappa shape index (κ3) is 2.36. The summed E-state index contributed by atoms with van der Waals surface area (Å²) < 4.78 is 7.69. The van der Waals surface area contributed by atoms with Gasteiger partial charge in [-0.15, -0.1) is 11.3 Å². The van der Waals surface area contributed by atoms with E-state index in [9.17, 15) is 0 Å². The van der Waals surface area contributed by atoms with Crippen molar-refractivity contribution >= 4 is 11.3 Å². The van der Waals surface area contributed by atoms with Gasteiger partial charge >= 0.3 is 0 Å². The molecule has 3 aromatic rings. The lowest BCUT2D eigenvalue weighted by Gasteiger charge is -2.08. The Morgan fingerprint density at radius 2 is 2.25 bits per heavy atom. The first-order chi connectivity index (χ1) is 11.7. The standard InChI is InChI=1S/C17H15N5OS/c1-10(2)22-16(19-9-20-22)17-21-15-12-4-3-11(8-18)7-13(12)23-6-5-14(15)24-17/h3-4,7,9-10H,5-6H2,1-2H3. The molecule has 7 heteroatoms. The minimum Gasteiger partial charge on any atom is -0.492 e. The second-order valence-electron chi connectivity index (χ2n) is 5.83. The largest absolute Gasteiger partial charge is 0.492 e. The van der Waals surface area contributed by atoms with E-state index in [0.717, 1.165) is 34.3 Å². The highest BCUT2D eigenvalue weighted by atomic mass is 32.1. The van der Waals surface area contributed by atoms with Crippen molar-refractivity contribution in [2.24, 2.45) is 0 Å². The van der Waals surface area contributed by atoms with Crippen LogP contribution < -0.4 is 4.74 Å². The highest BCUT2D eigenvalue weighted by Gasteiger charge is 2.23. The maximum absolute atomic E-state index is 9.08. The molecular weight excluding hydrogens is 322 g/mol. The molecule has 0 unspecified atom stereocenters. The van der Waals surface area contributed by atoms with Gasteiger partial charge in [0.05, 0.1) is 23.9 Å². The molecule has 120 valence electrons. The first-order valence-electron chi connectivity index (χ1n) is 7.74. The zero-order valence-corrected chi connectivity index (χ0v) is 14.2. The van der Waals surface area contributed by atoms with Crippen molar-refractivity contribution in [2.75, 3.05) is 6.61 Å². The molecule has 0 amide bonds. The molecular formula is C17H15N5OS. The number of benzene rings is 1. The minimum absolute atomic E-state index is 0.222. The summed E-state index contributed by atoms with van der Waals surface area (Å²) in [6.07, 6.45) is 2.36. The van der Waals surface area contributed by atoms with E-state index in [1.165, 1.54) is 4.88 Å². The fourth-order valence-corrected chi connectivity index (χ4v) is 3.81. The second-order valence-corrected chi connectivity index (χ2v) is 6.92. The summed E-state index contributed by atoms with van der Waals surface area (Å²) in [4.78, 5) is 10.4. The van der Waals surface area contributed by atoms with Crippen LogP contribution in [-0.4, -0.2) is 26.4 Å². The zero-order valence-electron chi connectivity index (χ0n) is 13.4. The minimum atomic E-state index is 0.222. The predicted molar refractivity (Wildman–Crippen MR) is 90.9 cm³/mol. The molecule has 0 atom stereocenters. The van der Waals surface area contributed by atoms with Crippen LogP contribution in [0, 0.1) is 11.3 Å². The van der Waals surface area contributed by atoms with Gasteiger partial charge < -0.3 is 4.74 Å². The van der Waals surface area contributed by atoms with Gasteiger partial charge in [-0.3, -0.25) is 0 Å². The Morgan fingerprint density at radius 1 is 1.38 bits per heavy atom. The Morgan fingerprint density at radius 3 is 3.04 bits per heavy atom. The molecule has 0 fully saturated rings. The van der Waals surface area contributed by atoms with Crippen LogP contribution in [0.3, 0.4) is 0 Å². The molecule has 1 aromatic carbocycles. The van der Waals surface area contributed by atoms with Crippen molar-refractivity contribution in [3.63, 3.8) is 0 Å². The Kier molecular flexibility index (Phi) is 3.54. The maximum atomic E-state index is 9.08. The Hall–Kier alpha value is -2.72. The third-order valence-electron chi connectivity index (χ3n) is 3.90. The number of aromatic nitrogens is 4. The molecule has 3 heterocycles. The quantitative estimate of drug-likeness (QED) is 0.716. The fourth-order valence-electron chi connectivity index (χ4n) is 2.77. The molecule has 1 aliphatic heterocycles. The average molecular weight is 337 g/mol. The summed E-state index contributed by atoms with van der Waals surface area (Å²) in [5.41, 5.74) is 2.44. The van der Waals surface area contributed by atoms with Crippen LogP contribution in [0.4, 0.5) is 0 Å². The number of hydrogen-bond acceptors (Lipinski definition) is 6. The van der Waals surface area contributed by atoms with Crippen LogP contribution in [0.1, 0.15) is 30.3 Å². The number of ether oxygens (including phenoxy) is 1. The summed E-state index contributed by atoms with van der Waals surface area (Å²) >= 11 is 1.63. The van der Waals surface area contributed by atoms with Gasteiger partial charge in [-0.25, -0.2) is 14.6 Å². The highest BCUT2D eigenvalue weighted by molar-refractivity contribution is 7.15. The highest BCUT2D eigenvalue weighted by Crippen LogP contribution is 2.40. The van der Waals surface area contributed by atoms with E-state index in [1.807, 2.05) is 10.7 Å². The second kappa shape index (κ2) is 5.73. The van der Waals surface area contributed by atoms with Crippen LogP contribution in [0.2, 0.25) is 0 Å². The molecule has 0 bridgehead atoms. The molecule has 24 heavy (non-hydrogen) atoms. The molecule has 0 saturated carbocycles. The molecule has 0 spiro atoms. The van der Waals surface area contributed by atoms with E-state index in [2.05, 4.69) is 30.0 Å². The van der Waals surface area contributed by atoms with E-state index < -0.39 is 0 Å². The molecule has 6 nitrogen and oxygen atoms in total. The van der Waals surface area contributed by atoms with Gasteiger partial charge in [0, 0.05) is 22.9 Å². The normalized spacial score (nSPS) is 12.9. The molecule has 0 N–H and O–H groups in total. The van der Waals surface area contributed by atoms with E-state index >= 15 is 0 Å². The van der Waals surface area contributed by atoms with Gasteiger partial charge in [0.25, 0.3) is 0 Å². The number of fused-ring (bicyclic) bond motifs is 3. The first-order valence-corrected chi connectivity index (χ1v) is 8.56. The fraction of sp³-hybridized carbons (Fsp3) is 0.294. The van der Waals surface area contributed by atoms with Crippen molar-refractivity contribution in [3.8, 4) is 33.9 Å². The molecule has 0 aliphatic carbocycles. The summed E-state index contributed by atoms with van der Waals surface area (Å²) in [7, 11) is 0. The van der Waals surface area contributed by atoms with Crippen molar-refractivity contribution in [1.29, 1.82) is 5.26 Å². The number of nitrogens with zero attached hydrogens (tertiary/aromatic N) is 5. The Bertz CT molecular complexity index is 950. The summed E-state index contributed by atoms with van der Waals surface area (Å²) in [5.74, 6) is 1.51. The van der Waals surface area contributed by atoms with Crippen LogP contribution in [0.5, 0.6) is 5.75 Å². The van der Waals surface area contributed by atoms with Crippen molar-refractivity contribution in [3.05, 3.63) is 35.0 Å². The van der Waals surface area contributed by atoms with Gasteiger partial charge in [0.1, 0.15) is 12.1 Å². The topological polar surface area (TPSA) is 76.6 Å². The smallest absolute Gasteiger partial charge is 0.187 e. The average Bonchev–Trinajstić information content (AvgIpc) is 3.18. The summed E-state index contributed by atoms with van der Waals surface area (Å²) in [6, 6.07) is 7.86. The molecule has 0 saturated heterocycles. The monoisotopic (exact) mass is 337 g/mol. The van der Waals surface area contributed by atoms with E-state index in [0.29, 0.717) is 12.2 Å². The van der Waals surface area contributed by atoms with E-state index in [4.69, 9.17) is 15.0 Å². The summed E-state index contributed by atoms with van der Waals surface area (Å²) in [6.45, 7) is 4.72. The number of thiazole rings is 1. The van der Waals surface area contributed by atoms with Crippen LogP contribution >= 0.6 is 11.3 Å². The van der Waals surface area contributed by atoms with Gasteiger partial charge in [-0.05, 0) is 32.0 Å². The molecule has 1 aliphatic rings. The number of hydrogen-bond donors (Lipinski definition) is 0. The number of rotatable bonds is 2. The first kappa shape index (κ1) is 14.8. The molecule has 0 radical (unpaired) electrons. The van der Waals surface area contributed by atoms with Crippen molar-refractivity contribution in [2.45, 2.75) is 26.3 Å². The molecule has 4 rings (SSSR count). The third-order valence-corrected chi connectivity index (χ3v) is 5.01. The van der Waals surface area contributed by atoms with Crippen LogP contribution in [-0.2, 0) is 6.42 Å². The lowest BCUT2D eigenvalue weighted by Crippen LogP contribution is -2.04. The lowest BCUT2D eigenvalue weighted by atomic mass is 10.1. The van der Waals surface area contributed by atoms with Gasteiger partial charge in [0.15, 0.2) is 10.8 Å². The summed E-state index contributed by atoms with van der Waals surface area (Å²) in [5, 5.41) is 14.2. The number of nitriles is 1. The maximum Gasteiger partial charge on any atom is 0.187 e. The van der Waals surface area contributed by atoms with E-state index in [-0.39, 0.29) is 6.04 Å². The predicted octanol–water partition coefficient (Wildman–Crippen LogP) is 3.46. The Labute approximate surface area is 143 Å². The van der Waals surface area contributed by atoms with Gasteiger partial charge in [0.2, 0.25) is 0 Å². The van der Waals surface area contributed by atoms with Crippen molar-refractivity contribution < 1.29 is 4.74 Å². The zero-order chi connectivity index (χ0) is 16.7. The van der Waals surface area contributed by atoms with Crippen LogP contribution in [0.15, 0.2) is 24.5 Å². The lowest BCUT2D eigenvalue weighted by molar-refractivity contribution is 0.327. The van der Waals surface area contributed by atoms with Gasteiger partial charge in [-0.1, -0.05) is 0 Å². The Balaban J connectivity index is 1.85. The van der Waals surface area contributed by atoms with Crippen molar-refractivity contribution in [1.82, 2.24) is 19.7 Å². The van der Waals surface area contributed by atoms with E-state index in [1.54, 1.807) is 29.8 Å². The van der Waals surface area contributed by atoms with Crippen LogP contribution in [0.25, 0.3) is 22.1 Å².